The van der Waals surface area contributed by atoms with Crippen molar-refractivity contribution in [2.75, 3.05) is 39.3 Å². The van der Waals surface area contributed by atoms with Crippen molar-refractivity contribution in [3.05, 3.63) is 36.4 Å². The van der Waals surface area contributed by atoms with E-state index >= 15 is 0 Å². The molecule has 6 nitrogen and oxygen atoms in total. The first-order valence-corrected chi connectivity index (χ1v) is 10.1. The van der Waals surface area contributed by atoms with Gasteiger partial charge in [-0.2, -0.15) is 0 Å². The van der Waals surface area contributed by atoms with Crippen LogP contribution in [-0.2, 0) is 0 Å². The van der Waals surface area contributed by atoms with Gasteiger partial charge in [0.1, 0.15) is 5.82 Å². The van der Waals surface area contributed by atoms with Gasteiger partial charge in [-0.05, 0) is 37.1 Å². The van der Waals surface area contributed by atoms with E-state index in [1.54, 1.807) is 21.3 Å². The predicted octanol–water partition coefficient (Wildman–Crippen LogP) is 4.70. The van der Waals surface area contributed by atoms with Crippen molar-refractivity contribution in [3.8, 4) is 28.6 Å². The van der Waals surface area contributed by atoms with E-state index in [2.05, 4.69) is 11.0 Å². The summed E-state index contributed by atoms with van der Waals surface area (Å²) in [6.07, 6.45) is 4.94. The standard InChI is InChI=1S/C23H27N3O3/c1-27-19-14-16(15-20(28-2)21(19)29-3)22-24-18-11-7-6-10-17(18)23(25-22)26-12-8-4-5-9-13-26/h6-7,10-11,14-15H,4-5,8-9,12-13H2,1-3H3. The molecule has 1 aliphatic rings. The van der Waals surface area contributed by atoms with Crippen LogP contribution in [0.5, 0.6) is 17.2 Å². The quantitative estimate of drug-likeness (QED) is 0.626. The molecule has 0 unspecified atom stereocenters. The largest absolute Gasteiger partial charge is 0.493 e. The van der Waals surface area contributed by atoms with Crippen molar-refractivity contribution >= 4 is 16.7 Å². The maximum absolute atomic E-state index is 5.52. The third-order valence-electron chi connectivity index (χ3n) is 5.41. The minimum Gasteiger partial charge on any atom is -0.493 e. The minimum absolute atomic E-state index is 0.562. The van der Waals surface area contributed by atoms with Crippen molar-refractivity contribution in [1.82, 2.24) is 9.97 Å². The van der Waals surface area contributed by atoms with Gasteiger partial charge in [0.2, 0.25) is 5.75 Å². The van der Waals surface area contributed by atoms with Gasteiger partial charge in [-0.25, -0.2) is 9.97 Å². The van der Waals surface area contributed by atoms with E-state index < -0.39 is 0 Å². The lowest BCUT2D eigenvalue weighted by atomic mass is 10.1. The van der Waals surface area contributed by atoms with Gasteiger partial charge in [0, 0.05) is 24.0 Å². The smallest absolute Gasteiger partial charge is 0.203 e. The second kappa shape index (κ2) is 8.55. The SMILES string of the molecule is COc1cc(-c2nc(N3CCCCCC3)c3ccccc3n2)cc(OC)c1OC. The first-order chi connectivity index (χ1) is 14.2. The maximum Gasteiger partial charge on any atom is 0.203 e. The van der Waals surface area contributed by atoms with Gasteiger partial charge in [0.25, 0.3) is 0 Å². The van der Waals surface area contributed by atoms with Crippen molar-refractivity contribution < 1.29 is 14.2 Å². The third-order valence-corrected chi connectivity index (χ3v) is 5.41. The first kappa shape index (κ1) is 19.3. The molecular formula is C23H27N3O3. The number of nitrogens with zero attached hydrogens (tertiary/aromatic N) is 3. The van der Waals surface area contributed by atoms with Crippen LogP contribution >= 0.6 is 0 Å². The van der Waals surface area contributed by atoms with Crippen LogP contribution in [0.3, 0.4) is 0 Å². The molecule has 152 valence electrons. The van der Waals surface area contributed by atoms with Crippen LogP contribution in [0.25, 0.3) is 22.3 Å². The van der Waals surface area contributed by atoms with E-state index in [-0.39, 0.29) is 0 Å². The Morgan fingerprint density at radius 2 is 1.45 bits per heavy atom. The Kier molecular flexibility index (Phi) is 5.69. The van der Waals surface area contributed by atoms with Gasteiger partial charge < -0.3 is 19.1 Å². The molecule has 0 radical (unpaired) electrons. The molecule has 0 aliphatic carbocycles. The molecule has 4 rings (SSSR count). The number of ether oxygens (including phenoxy) is 3. The lowest BCUT2D eigenvalue weighted by Crippen LogP contribution is -2.25. The summed E-state index contributed by atoms with van der Waals surface area (Å²) in [5.74, 6) is 3.40. The number of para-hydroxylation sites is 1. The van der Waals surface area contributed by atoms with Crippen LogP contribution < -0.4 is 19.1 Å². The lowest BCUT2D eigenvalue weighted by Gasteiger charge is -2.23. The van der Waals surface area contributed by atoms with Gasteiger partial charge in [-0.15, -0.1) is 0 Å². The van der Waals surface area contributed by atoms with E-state index in [1.165, 1.54) is 25.7 Å². The predicted molar refractivity (Wildman–Crippen MR) is 115 cm³/mol. The molecule has 0 N–H and O–H groups in total. The number of fused-ring (bicyclic) bond motifs is 1. The summed E-state index contributed by atoms with van der Waals surface area (Å²) in [4.78, 5) is 12.2. The summed E-state index contributed by atoms with van der Waals surface area (Å²) in [5, 5.41) is 1.09. The molecule has 2 aromatic carbocycles. The highest BCUT2D eigenvalue weighted by molar-refractivity contribution is 5.91. The summed E-state index contributed by atoms with van der Waals surface area (Å²) in [6.45, 7) is 2.05. The van der Waals surface area contributed by atoms with E-state index in [1.807, 2.05) is 30.3 Å². The molecule has 0 saturated carbocycles. The normalized spacial score (nSPS) is 14.5. The summed E-state index contributed by atoms with van der Waals surface area (Å²) in [5.41, 5.74) is 1.77. The Bertz CT molecular complexity index is 973. The van der Waals surface area contributed by atoms with Crippen LogP contribution in [0.1, 0.15) is 25.7 Å². The van der Waals surface area contributed by atoms with Gasteiger partial charge >= 0.3 is 0 Å². The molecule has 1 aliphatic heterocycles. The Morgan fingerprint density at radius 3 is 2.07 bits per heavy atom. The van der Waals surface area contributed by atoms with Crippen LogP contribution in [0, 0.1) is 0 Å². The van der Waals surface area contributed by atoms with E-state index in [9.17, 15) is 0 Å². The van der Waals surface area contributed by atoms with Gasteiger partial charge in [-0.3, -0.25) is 0 Å². The molecule has 0 bridgehead atoms. The maximum atomic E-state index is 5.52. The fraction of sp³-hybridized carbons (Fsp3) is 0.391. The van der Waals surface area contributed by atoms with Crippen LogP contribution in [0.15, 0.2) is 36.4 Å². The number of hydrogen-bond acceptors (Lipinski definition) is 6. The number of benzene rings is 2. The summed E-state index contributed by atoms with van der Waals surface area (Å²) >= 11 is 0. The Balaban J connectivity index is 1.88. The van der Waals surface area contributed by atoms with Crippen LogP contribution in [0.4, 0.5) is 5.82 Å². The van der Waals surface area contributed by atoms with E-state index in [4.69, 9.17) is 24.2 Å². The molecule has 1 fully saturated rings. The van der Waals surface area contributed by atoms with Crippen molar-refractivity contribution in [2.24, 2.45) is 0 Å². The molecular weight excluding hydrogens is 366 g/mol. The summed E-state index contributed by atoms with van der Waals surface area (Å²) < 4.78 is 16.5. The molecule has 2 heterocycles. The highest BCUT2D eigenvalue weighted by Crippen LogP contribution is 2.41. The van der Waals surface area contributed by atoms with Gasteiger partial charge in [-0.1, -0.05) is 25.0 Å². The van der Waals surface area contributed by atoms with Gasteiger partial charge in [0.15, 0.2) is 17.3 Å². The molecule has 0 spiro atoms. The fourth-order valence-corrected chi connectivity index (χ4v) is 3.92. The van der Waals surface area contributed by atoms with Crippen molar-refractivity contribution in [1.29, 1.82) is 0 Å². The molecule has 1 saturated heterocycles. The zero-order valence-electron chi connectivity index (χ0n) is 17.3. The van der Waals surface area contributed by atoms with Crippen molar-refractivity contribution in [2.45, 2.75) is 25.7 Å². The number of aromatic nitrogens is 2. The number of hydrogen-bond donors (Lipinski definition) is 0. The zero-order valence-corrected chi connectivity index (χ0v) is 17.3. The highest BCUT2D eigenvalue weighted by Gasteiger charge is 2.19. The highest BCUT2D eigenvalue weighted by atomic mass is 16.5. The molecule has 1 aromatic heterocycles. The molecule has 29 heavy (non-hydrogen) atoms. The average Bonchev–Trinajstić information content (AvgIpc) is 3.06. The van der Waals surface area contributed by atoms with E-state index in [0.29, 0.717) is 23.1 Å². The Hall–Kier alpha value is -3.02. The third kappa shape index (κ3) is 3.79. The topological polar surface area (TPSA) is 56.7 Å². The Morgan fingerprint density at radius 1 is 0.793 bits per heavy atom. The first-order valence-electron chi connectivity index (χ1n) is 10.1. The fourth-order valence-electron chi connectivity index (χ4n) is 3.92. The second-order valence-electron chi connectivity index (χ2n) is 7.20. The number of rotatable bonds is 5. The summed E-state index contributed by atoms with van der Waals surface area (Å²) in [6, 6.07) is 12.0. The summed E-state index contributed by atoms with van der Waals surface area (Å²) in [7, 11) is 4.83. The zero-order chi connectivity index (χ0) is 20.2. The molecule has 0 amide bonds. The number of anilines is 1. The Labute approximate surface area is 171 Å². The molecule has 0 atom stereocenters. The van der Waals surface area contributed by atoms with E-state index in [0.717, 1.165) is 35.4 Å². The monoisotopic (exact) mass is 393 g/mol. The van der Waals surface area contributed by atoms with Gasteiger partial charge in [0.05, 0.1) is 26.8 Å². The average molecular weight is 393 g/mol. The molecule has 3 aromatic rings. The minimum atomic E-state index is 0.562. The number of methoxy groups -OCH3 is 3. The molecule has 6 heteroatoms. The van der Waals surface area contributed by atoms with Crippen LogP contribution in [0.2, 0.25) is 0 Å². The second-order valence-corrected chi connectivity index (χ2v) is 7.20. The van der Waals surface area contributed by atoms with Crippen LogP contribution in [-0.4, -0.2) is 44.4 Å². The van der Waals surface area contributed by atoms with Crippen molar-refractivity contribution in [3.63, 3.8) is 0 Å². The lowest BCUT2D eigenvalue weighted by molar-refractivity contribution is 0.324.